The number of aromatic nitrogens is 3. The number of nitrogens with one attached hydrogen (secondary N) is 2. The monoisotopic (exact) mass is 412 g/mol. The van der Waals surface area contributed by atoms with E-state index in [4.69, 9.17) is 10.5 Å². The maximum Gasteiger partial charge on any atom is 0.341 e. The number of carbonyl (C=O) groups excluding carboxylic acids is 3. The number of amides is 2. The van der Waals surface area contributed by atoms with Crippen LogP contribution in [0.15, 0.2) is 5.16 Å². The molecule has 0 fully saturated rings. The van der Waals surface area contributed by atoms with E-state index in [1.165, 1.54) is 4.90 Å². The third-order valence-electron chi connectivity index (χ3n) is 3.29. The second kappa shape index (κ2) is 8.86. The first-order valence-electron chi connectivity index (χ1n) is 7.87. The Bertz CT molecular complexity index is 861. The Morgan fingerprint density at radius 3 is 2.63 bits per heavy atom. The van der Waals surface area contributed by atoms with E-state index in [1.54, 1.807) is 27.9 Å². The van der Waals surface area contributed by atoms with E-state index in [9.17, 15) is 14.4 Å². The van der Waals surface area contributed by atoms with Gasteiger partial charge in [-0.1, -0.05) is 11.8 Å². The van der Waals surface area contributed by atoms with Crippen molar-refractivity contribution in [3.05, 3.63) is 16.0 Å². The molecular formula is C15H20N6O4S2. The number of rotatable bonds is 7. The standard InChI is InChI=1S/C15H20N6O4S2/c1-5-25-13(24)9-7(2)10(12(23)21(3)4)27-11(9)17-8(22)6-26-15-18-14(16)19-20-15/h5-6H2,1-4H3,(H,17,22)(H3,16,18,19,20). The smallest absolute Gasteiger partial charge is 0.341 e. The van der Waals surface area contributed by atoms with Crippen LogP contribution in [0.25, 0.3) is 0 Å². The summed E-state index contributed by atoms with van der Waals surface area (Å²) in [5.74, 6) is -1.06. The summed E-state index contributed by atoms with van der Waals surface area (Å²) in [4.78, 5) is 42.6. The quantitative estimate of drug-likeness (QED) is 0.457. The van der Waals surface area contributed by atoms with Crippen LogP contribution < -0.4 is 11.1 Å². The molecule has 0 atom stereocenters. The van der Waals surface area contributed by atoms with Crippen molar-refractivity contribution in [3.63, 3.8) is 0 Å². The van der Waals surface area contributed by atoms with Crippen molar-refractivity contribution in [3.8, 4) is 0 Å². The molecule has 2 heterocycles. The zero-order valence-electron chi connectivity index (χ0n) is 15.3. The van der Waals surface area contributed by atoms with Gasteiger partial charge in [-0.3, -0.25) is 9.59 Å². The molecule has 0 unspecified atom stereocenters. The Morgan fingerprint density at radius 2 is 2.07 bits per heavy atom. The molecule has 0 radical (unpaired) electrons. The highest BCUT2D eigenvalue weighted by atomic mass is 32.2. The number of thioether (sulfide) groups is 1. The Morgan fingerprint density at radius 1 is 1.37 bits per heavy atom. The third-order valence-corrected chi connectivity index (χ3v) is 5.34. The molecule has 0 aromatic carbocycles. The van der Waals surface area contributed by atoms with Gasteiger partial charge in [0.1, 0.15) is 5.00 Å². The van der Waals surface area contributed by atoms with Crippen LogP contribution in [0.3, 0.4) is 0 Å². The number of carbonyl (C=O) groups is 3. The molecule has 0 saturated carbocycles. The Kier molecular flexibility index (Phi) is 6.80. The van der Waals surface area contributed by atoms with Crippen LogP contribution in [0.4, 0.5) is 10.9 Å². The number of H-pyrrole nitrogens is 1. The first-order chi connectivity index (χ1) is 12.7. The predicted molar refractivity (Wildman–Crippen MR) is 103 cm³/mol. The first-order valence-corrected chi connectivity index (χ1v) is 9.67. The number of nitrogen functional groups attached to an aromatic ring is 1. The molecule has 12 heteroatoms. The molecule has 0 saturated heterocycles. The minimum absolute atomic E-state index is 0.00741. The van der Waals surface area contributed by atoms with Crippen LogP contribution in [0, 0.1) is 6.92 Å². The van der Waals surface area contributed by atoms with Crippen molar-refractivity contribution in [2.45, 2.75) is 19.0 Å². The van der Waals surface area contributed by atoms with Gasteiger partial charge < -0.3 is 20.7 Å². The maximum absolute atomic E-state index is 12.3. The van der Waals surface area contributed by atoms with Gasteiger partial charge in [0.2, 0.25) is 17.0 Å². The van der Waals surface area contributed by atoms with Gasteiger partial charge in [-0.25, -0.2) is 9.89 Å². The summed E-state index contributed by atoms with van der Waals surface area (Å²) in [6.45, 7) is 3.52. The minimum atomic E-state index is -0.589. The van der Waals surface area contributed by atoms with Gasteiger partial charge in [-0.2, -0.15) is 4.98 Å². The highest BCUT2D eigenvalue weighted by Gasteiger charge is 2.27. The summed E-state index contributed by atoms with van der Waals surface area (Å²) < 4.78 is 5.06. The lowest BCUT2D eigenvalue weighted by Gasteiger charge is -2.09. The summed E-state index contributed by atoms with van der Waals surface area (Å²) in [6, 6.07) is 0. The first kappa shape index (κ1) is 20.7. The zero-order valence-corrected chi connectivity index (χ0v) is 16.9. The molecule has 2 rings (SSSR count). The summed E-state index contributed by atoms with van der Waals surface area (Å²) in [6.07, 6.45) is 0. The van der Waals surface area contributed by atoms with Gasteiger partial charge in [0.15, 0.2) is 0 Å². The Balaban J connectivity index is 2.22. The van der Waals surface area contributed by atoms with Crippen LogP contribution in [-0.2, 0) is 9.53 Å². The molecular weight excluding hydrogens is 392 g/mol. The SMILES string of the molecule is CCOC(=O)c1c(NC(=O)CSc2n[nH]c(N)n2)sc(C(=O)N(C)C)c1C. The molecule has 2 aromatic heterocycles. The van der Waals surface area contributed by atoms with Crippen LogP contribution in [0.5, 0.6) is 0 Å². The molecule has 146 valence electrons. The summed E-state index contributed by atoms with van der Waals surface area (Å²) in [5, 5.41) is 9.58. The summed E-state index contributed by atoms with van der Waals surface area (Å²) >= 11 is 2.12. The molecule has 4 N–H and O–H groups in total. The molecule has 10 nitrogen and oxygen atoms in total. The number of hydrogen-bond acceptors (Lipinski definition) is 9. The fourth-order valence-electron chi connectivity index (χ4n) is 2.07. The highest BCUT2D eigenvalue weighted by Crippen LogP contribution is 2.34. The van der Waals surface area contributed by atoms with Crippen molar-refractivity contribution in [2.24, 2.45) is 0 Å². The highest BCUT2D eigenvalue weighted by molar-refractivity contribution is 7.99. The molecule has 0 aliphatic rings. The Labute approximate surface area is 163 Å². The van der Waals surface area contributed by atoms with Gasteiger partial charge >= 0.3 is 5.97 Å². The number of hydrogen-bond donors (Lipinski definition) is 3. The predicted octanol–water partition coefficient (Wildman–Crippen LogP) is 1.37. The largest absolute Gasteiger partial charge is 0.462 e. The third kappa shape index (κ3) is 4.98. The van der Waals surface area contributed by atoms with E-state index in [0.717, 1.165) is 23.1 Å². The zero-order chi connectivity index (χ0) is 20.1. The number of nitrogens with two attached hydrogens (primary N) is 1. The summed E-state index contributed by atoms with van der Waals surface area (Å²) in [5.41, 5.74) is 6.10. The lowest BCUT2D eigenvalue weighted by molar-refractivity contribution is -0.113. The molecule has 0 aliphatic heterocycles. The van der Waals surface area contributed by atoms with Crippen LogP contribution in [0.1, 0.15) is 32.5 Å². The van der Waals surface area contributed by atoms with Crippen LogP contribution in [0.2, 0.25) is 0 Å². The van der Waals surface area contributed by atoms with Crippen molar-refractivity contribution in [1.29, 1.82) is 0 Å². The van der Waals surface area contributed by atoms with E-state index in [1.807, 2.05) is 0 Å². The molecule has 0 spiro atoms. The number of ether oxygens (including phenoxy) is 1. The average molecular weight is 412 g/mol. The number of aromatic amines is 1. The normalized spacial score (nSPS) is 10.5. The minimum Gasteiger partial charge on any atom is -0.462 e. The van der Waals surface area contributed by atoms with Gasteiger partial charge in [-0.05, 0) is 19.4 Å². The average Bonchev–Trinajstić information content (AvgIpc) is 3.15. The molecule has 0 aliphatic carbocycles. The Hall–Kier alpha value is -2.60. The fraction of sp³-hybridized carbons (Fsp3) is 0.400. The lowest BCUT2D eigenvalue weighted by atomic mass is 10.1. The van der Waals surface area contributed by atoms with Crippen molar-refractivity contribution >= 4 is 51.8 Å². The second-order valence-electron chi connectivity index (χ2n) is 5.52. The second-order valence-corrected chi connectivity index (χ2v) is 7.48. The van der Waals surface area contributed by atoms with Crippen molar-refractivity contribution in [1.82, 2.24) is 20.1 Å². The number of esters is 1. The lowest BCUT2D eigenvalue weighted by Crippen LogP contribution is -2.21. The van der Waals surface area contributed by atoms with Gasteiger partial charge in [0.25, 0.3) is 5.91 Å². The summed E-state index contributed by atoms with van der Waals surface area (Å²) in [7, 11) is 3.23. The maximum atomic E-state index is 12.3. The van der Waals surface area contributed by atoms with Gasteiger partial charge in [0, 0.05) is 14.1 Å². The van der Waals surface area contributed by atoms with E-state index in [-0.39, 0.29) is 40.7 Å². The van der Waals surface area contributed by atoms with E-state index < -0.39 is 5.97 Å². The molecule has 2 amide bonds. The van der Waals surface area contributed by atoms with E-state index in [0.29, 0.717) is 15.6 Å². The van der Waals surface area contributed by atoms with Gasteiger partial charge in [0.05, 0.1) is 22.8 Å². The van der Waals surface area contributed by atoms with E-state index in [2.05, 4.69) is 20.5 Å². The van der Waals surface area contributed by atoms with Crippen molar-refractivity contribution in [2.75, 3.05) is 37.5 Å². The number of anilines is 2. The van der Waals surface area contributed by atoms with Crippen molar-refractivity contribution < 1.29 is 19.1 Å². The van der Waals surface area contributed by atoms with Crippen LogP contribution >= 0.6 is 23.1 Å². The molecule has 0 bridgehead atoms. The number of nitrogens with zero attached hydrogens (tertiary/aromatic N) is 3. The number of thiophene rings is 1. The van der Waals surface area contributed by atoms with Crippen LogP contribution in [-0.4, -0.2) is 64.3 Å². The fourth-order valence-corrected chi connectivity index (χ4v) is 3.91. The van der Waals surface area contributed by atoms with Gasteiger partial charge in [-0.15, -0.1) is 16.4 Å². The molecule has 27 heavy (non-hydrogen) atoms. The molecule has 2 aromatic rings. The van der Waals surface area contributed by atoms with E-state index >= 15 is 0 Å². The topological polar surface area (TPSA) is 143 Å².